The van der Waals surface area contributed by atoms with E-state index in [0.717, 1.165) is 12.2 Å². The molecule has 0 aromatic rings. The number of nitrogens with one attached hydrogen (secondary N) is 2. The first kappa shape index (κ1) is 20.1. The fourth-order valence-corrected chi connectivity index (χ4v) is 3.45. The Hall–Kier alpha value is -1.87. The summed E-state index contributed by atoms with van der Waals surface area (Å²) in [7, 11) is 2.41. The minimum absolute atomic E-state index is 0.111. The Bertz CT molecular complexity index is 425. The second-order valence-corrected chi connectivity index (χ2v) is 6.48. The van der Waals surface area contributed by atoms with Gasteiger partial charge in [-0.2, -0.15) is 0 Å². The Balaban J connectivity index is 4.29. The summed E-state index contributed by atoms with van der Waals surface area (Å²) in [5, 5.41) is 23.1. The second-order valence-electron chi connectivity index (χ2n) is 3.93. The number of carbonyl (C=O) groups is 3. The van der Waals surface area contributed by atoms with Gasteiger partial charge in [-0.15, -0.1) is 0 Å². The van der Waals surface area contributed by atoms with Crippen LogP contribution in [-0.4, -0.2) is 51.6 Å². The van der Waals surface area contributed by atoms with Crippen molar-refractivity contribution in [2.75, 3.05) is 11.5 Å². The average Bonchev–Trinajstić information content (AvgIpc) is 2.47. The highest BCUT2D eigenvalue weighted by atomic mass is 33.1. The van der Waals surface area contributed by atoms with Crippen LogP contribution < -0.4 is 10.6 Å². The highest BCUT2D eigenvalue weighted by molar-refractivity contribution is 8.76. The van der Waals surface area contributed by atoms with E-state index in [9.17, 15) is 19.5 Å². The third kappa shape index (κ3) is 8.42. The van der Waals surface area contributed by atoms with Crippen molar-refractivity contribution in [3.05, 3.63) is 37.6 Å². The van der Waals surface area contributed by atoms with E-state index in [4.69, 9.17) is 5.11 Å². The van der Waals surface area contributed by atoms with Gasteiger partial charge in [0.1, 0.15) is 11.8 Å². The molecule has 2 amide bonds. The lowest BCUT2D eigenvalue weighted by Crippen LogP contribution is -2.41. The number of rotatable bonds is 11. The van der Waals surface area contributed by atoms with Gasteiger partial charge in [-0.05, 0) is 12.2 Å². The molecule has 9 heteroatoms. The largest absolute Gasteiger partial charge is 0.511 e. The first-order chi connectivity index (χ1) is 10.3. The Morgan fingerprint density at radius 1 is 0.955 bits per heavy atom. The molecule has 0 aliphatic heterocycles. The van der Waals surface area contributed by atoms with Gasteiger partial charge in [-0.1, -0.05) is 41.3 Å². The number of aliphatic hydroxyl groups is 1. The molecule has 0 spiro atoms. The van der Waals surface area contributed by atoms with Crippen LogP contribution >= 0.6 is 21.6 Å². The number of carbonyl (C=O) groups excluding carboxylic acids is 2. The number of amides is 2. The molecule has 0 saturated carbocycles. The molecule has 122 valence electrons. The van der Waals surface area contributed by atoms with Gasteiger partial charge in [0.15, 0.2) is 0 Å². The van der Waals surface area contributed by atoms with Crippen molar-refractivity contribution in [2.45, 2.75) is 12.1 Å². The number of aliphatic carboxylic acids is 1. The van der Waals surface area contributed by atoms with Gasteiger partial charge in [0.25, 0.3) is 0 Å². The zero-order chi connectivity index (χ0) is 17.1. The van der Waals surface area contributed by atoms with E-state index in [2.05, 4.69) is 30.4 Å². The van der Waals surface area contributed by atoms with Crippen LogP contribution in [0.2, 0.25) is 0 Å². The van der Waals surface area contributed by atoms with Gasteiger partial charge in [-0.25, -0.2) is 4.79 Å². The van der Waals surface area contributed by atoms with Gasteiger partial charge < -0.3 is 20.8 Å². The van der Waals surface area contributed by atoms with Gasteiger partial charge in [0.2, 0.25) is 11.8 Å². The zero-order valence-corrected chi connectivity index (χ0v) is 13.4. The molecule has 0 rings (SSSR count). The lowest BCUT2D eigenvalue weighted by atomic mass is 10.3. The average molecular weight is 346 g/mol. The lowest BCUT2D eigenvalue weighted by Gasteiger charge is -2.17. The zero-order valence-electron chi connectivity index (χ0n) is 11.8. The van der Waals surface area contributed by atoms with E-state index >= 15 is 0 Å². The molecule has 0 saturated heterocycles. The molecule has 2 unspecified atom stereocenters. The predicted octanol–water partition coefficient (Wildman–Crippen LogP) is 0.866. The molecule has 0 fully saturated rings. The van der Waals surface area contributed by atoms with Gasteiger partial charge >= 0.3 is 5.97 Å². The monoisotopic (exact) mass is 346 g/mol. The molecular weight excluding hydrogens is 328 g/mol. The van der Waals surface area contributed by atoms with Crippen LogP contribution in [0.25, 0.3) is 0 Å². The maximum atomic E-state index is 11.2. The van der Waals surface area contributed by atoms with E-state index in [-0.39, 0.29) is 17.3 Å². The predicted molar refractivity (Wildman–Crippen MR) is 88.6 cm³/mol. The molecular formula is C13H18N2O5S2. The fraction of sp³-hybridized carbons (Fsp3) is 0.308. The minimum atomic E-state index is -1.16. The van der Waals surface area contributed by atoms with Crippen LogP contribution in [0, 0.1) is 0 Å². The third-order valence-electron chi connectivity index (χ3n) is 2.26. The van der Waals surface area contributed by atoms with Crippen LogP contribution in [0.4, 0.5) is 0 Å². The summed E-state index contributed by atoms with van der Waals surface area (Å²) in [6, 6.07) is -1.73. The maximum absolute atomic E-state index is 11.2. The van der Waals surface area contributed by atoms with Crippen molar-refractivity contribution >= 4 is 39.4 Å². The minimum Gasteiger partial charge on any atom is -0.511 e. The van der Waals surface area contributed by atoms with E-state index in [1.807, 2.05) is 0 Å². The number of aliphatic hydroxyl groups excluding tert-OH is 1. The SMILES string of the molecule is C=CC(=O)NC(CSSCC(NC(=O)C=C)C(=O)O)C(=C)O. The van der Waals surface area contributed by atoms with Crippen molar-refractivity contribution in [3.63, 3.8) is 0 Å². The molecule has 0 aliphatic rings. The summed E-state index contributed by atoms with van der Waals surface area (Å²) in [6.45, 7) is 9.90. The molecule has 0 aromatic carbocycles. The Morgan fingerprint density at radius 2 is 1.36 bits per heavy atom. The fourth-order valence-electron chi connectivity index (χ4n) is 1.09. The van der Waals surface area contributed by atoms with Crippen LogP contribution in [-0.2, 0) is 14.4 Å². The van der Waals surface area contributed by atoms with E-state index < -0.39 is 29.9 Å². The Morgan fingerprint density at radius 3 is 1.73 bits per heavy atom. The standard InChI is InChI=1S/C13H18N2O5S2/c1-4-11(17)14-9(8(3)16)6-21-22-7-10(13(19)20)15-12(18)5-2/h4-5,9-10,16H,1-3,6-7H2,(H,14,17)(H,15,18)(H,19,20). The van der Waals surface area contributed by atoms with Crippen LogP contribution in [0.15, 0.2) is 37.6 Å². The first-order valence-corrected chi connectivity index (χ1v) is 8.51. The molecule has 22 heavy (non-hydrogen) atoms. The summed E-state index contributed by atoms with van der Waals surface area (Å²) < 4.78 is 0. The van der Waals surface area contributed by atoms with Crippen LogP contribution in [0.1, 0.15) is 0 Å². The van der Waals surface area contributed by atoms with E-state index in [1.54, 1.807) is 0 Å². The first-order valence-electron chi connectivity index (χ1n) is 6.02. The number of hydrogen-bond donors (Lipinski definition) is 4. The third-order valence-corrected chi connectivity index (χ3v) is 4.68. The molecule has 0 aliphatic carbocycles. The molecule has 0 heterocycles. The van der Waals surface area contributed by atoms with Crippen LogP contribution in [0.3, 0.4) is 0 Å². The molecule has 2 atom stereocenters. The van der Waals surface area contributed by atoms with Crippen molar-refractivity contribution in [1.29, 1.82) is 0 Å². The van der Waals surface area contributed by atoms with E-state index in [1.165, 1.54) is 21.6 Å². The van der Waals surface area contributed by atoms with Crippen molar-refractivity contribution in [3.8, 4) is 0 Å². The molecule has 0 aromatic heterocycles. The molecule has 7 nitrogen and oxygen atoms in total. The van der Waals surface area contributed by atoms with Crippen molar-refractivity contribution in [2.24, 2.45) is 0 Å². The lowest BCUT2D eigenvalue weighted by molar-refractivity contribution is -0.140. The summed E-state index contributed by atoms with van der Waals surface area (Å²) in [5.74, 6) is -2.00. The van der Waals surface area contributed by atoms with Crippen molar-refractivity contribution in [1.82, 2.24) is 10.6 Å². The molecule has 4 N–H and O–H groups in total. The highest BCUT2D eigenvalue weighted by Crippen LogP contribution is 2.24. The maximum Gasteiger partial charge on any atom is 0.327 e. The summed E-state index contributed by atoms with van der Waals surface area (Å²) in [6.07, 6.45) is 2.06. The quantitative estimate of drug-likeness (QED) is 0.190. The smallest absolute Gasteiger partial charge is 0.327 e. The molecule has 0 bridgehead atoms. The molecule has 0 radical (unpaired) electrons. The van der Waals surface area contributed by atoms with Crippen molar-refractivity contribution < 1.29 is 24.6 Å². The van der Waals surface area contributed by atoms with E-state index in [0.29, 0.717) is 0 Å². The summed E-state index contributed by atoms with van der Waals surface area (Å²) >= 11 is 0. The van der Waals surface area contributed by atoms with Gasteiger partial charge in [-0.3, -0.25) is 9.59 Å². The second kappa shape index (κ2) is 10.8. The summed E-state index contributed by atoms with van der Waals surface area (Å²) in [4.78, 5) is 33.3. The number of carboxylic acid groups (broad SMARTS) is 1. The normalized spacial score (nSPS) is 12.5. The Kier molecular flexibility index (Phi) is 9.88. The van der Waals surface area contributed by atoms with Crippen LogP contribution in [0.5, 0.6) is 0 Å². The highest BCUT2D eigenvalue weighted by Gasteiger charge is 2.20. The number of carboxylic acids is 1. The topological polar surface area (TPSA) is 116 Å². The number of hydrogen-bond acceptors (Lipinski definition) is 6. The van der Waals surface area contributed by atoms with Gasteiger partial charge in [0, 0.05) is 11.5 Å². The summed E-state index contributed by atoms with van der Waals surface area (Å²) in [5.41, 5.74) is 0. The Labute approximate surface area is 136 Å². The van der Waals surface area contributed by atoms with Gasteiger partial charge in [0.05, 0.1) is 6.04 Å².